The van der Waals surface area contributed by atoms with Crippen molar-refractivity contribution < 1.29 is 19.2 Å². The first-order chi connectivity index (χ1) is 13.0. The molecule has 0 saturated heterocycles. The Labute approximate surface area is 157 Å². The number of nitrogens with zero attached hydrogens (tertiary/aromatic N) is 2. The van der Waals surface area contributed by atoms with Crippen LogP contribution in [0.25, 0.3) is 0 Å². The van der Waals surface area contributed by atoms with Crippen molar-refractivity contribution in [1.82, 2.24) is 4.90 Å². The highest BCUT2D eigenvalue weighted by atomic mass is 16.6. The summed E-state index contributed by atoms with van der Waals surface area (Å²) in [5.41, 5.74) is 1.29. The Morgan fingerprint density at radius 2 is 1.96 bits per heavy atom. The highest BCUT2D eigenvalue weighted by molar-refractivity contribution is 5.95. The van der Waals surface area contributed by atoms with E-state index in [1.54, 1.807) is 27.3 Å². The molecular weight excluding hydrogens is 350 g/mol. The number of benzene rings is 2. The lowest BCUT2D eigenvalue weighted by Crippen LogP contribution is -2.26. The van der Waals surface area contributed by atoms with Crippen LogP contribution in [0.4, 0.5) is 11.4 Å². The second-order valence-corrected chi connectivity index (χ2v) is 5.88. The summed E-state index contributed by atoms with van der Waals surface area (Å²) in [6.45, 7) is 1.17. The van der Waals surface area contributed by atoms with E-state index < -0.39 is 4.92 Å². The monoisotopic (exact) mass is 373 g/mol. The molecule has 0 unspecified atom stereocenters. The van der Waals surface area contributed by atoms with Gasteiger partial charge < -0.3 is 19.7 Å². The van der Waals surface area contributed by atoms with Crippen molar-refractivity contribution in [2.45, 2.75) is 6.54 Å². The van der Waals surface area contributed by atoms with Gasteiger partial charge in [-0.15, -0.1) is 0 Å². The summed E-state index contributed by atoms with van der Waals surface area (Å²) in [6, 6.07) is 11.8. The normalized spacial score (nSPS) is 10.3. The van der Waals surface area contributed by atoms with Crippen molar-refractivity contribution in [3.63, 3.8) is 0 Å². The van der Waals surface area contributed by atoms with Crippen LogP contribution in [0.15, 0.2) is 42.5 Å². The van der Waals surface area contributed by atoms with Crippen LogP contribution in [-0.4, -0.2) is 50.1 Å². The first kappa shape index (κ1) is 20.2. The second-order valence-electron chi connectivity index (χ2n) is 5.88. The number of carbonyl (C=O) groups excluding carboxylic acids is 1. The standard InChI is InChI=1S/C19H23N3O5/c1-21(13-15-6-4-5-7-18(15)27-3)19(23)14-8-9-16(20-10-11-26-2)17(12-14)22(24)25/h4-9,12,20H,10-11,13H2,1-3H3. The molecule has 0 aliphatic carbocycles. The summed E-state index contributed by atoms with van der Waals surface area (Å²) < 4.78 is 10.2. The predicted octanol–water partition coefficient (Wildman–Crippen LogP) is 2.93. The number of para-hydroxylation sites is 1. The molecular formula is C19H23N3O5. The van der Waals surface area contributed by atoms with E-state index in [1.165, 1.54) is 17.0 Å². The van der Waals surface area contributed by atoms with Gasteiger partial charge in [0.25, 0.3) is 11.6 Å². The number of nitro groups is 1. The van der Waals surface area contributed by atoms with Gasteiger partial charge in [-0.2, -0.15) is 0 Å². The third-order valence-corrected chi connectivity index (χ3v) is 4.01. The zero-order valence-corrected chi connectivity index (χ0v) is 15.6. The molecule has 8 nitrogen and oxygen atoms in total. The lowest BCUT2D eigenvalue weighted by Gasteiger charge is -2.19. The SMILES string of the molecule is COCCNc1ccc(C(=O)N(C)Cc2ccccc2OC)cc1[N+](=O)[O-]. The number of methoxy groups -OCH3 is 2. The van der Waals surface area contributed by atoms with Crippen LogP contribution in [0, 0.1) is 10.1 Å². The summed E-state index contributed by atoms with van der Waals surface area (Å²) >= 11 is 0. The highest BCUT2D eigenvalue weighted by Crippen LogP contribution is 2.26. The van der Waals surface area contributed by atoms with Gasteiger partial charge in [0.1, 0.15) is 11.4 Å². The predicted molar refractivity (Wildman–Crippen MR) is 102 cm³/mol. The van der Waals surface area contributed by atoms with Crippen molar-refractivity contribution in [1.29, 1.82) is 0 Å². The summed E-state index contributed by atoms with van der Waals surface area (Å²) in [5, 5.41) is 14.3. The van der Waals surface area contributed by atoms with Gasteiger partial charge in [-0.25, -0.2) is 0 Å². The van der Waals surface area contributed by atoms with E-state index in [4.69, 9.17) is 9.47 Å². The Balaban J connectivity index is 2.19. The molecule has 0 fully saturated rings. The lowest BCUT2D eigenvalue weighted by molar-refractivity contribution is -0.384. The van der Waals surface area contributed by atoms with Crippen LogP contribution in [0.5, 0.6) is 5.75 Å². The van der Waals surface area contributed by atoms with Crippen molar-refractivity contribution >= 4 is 17.3 Å². The number of nitro benzene ring substituents is 1. The smallest absolute Gasteiger partial charge is 0.293 e. The van der Waals surface area contributed by atoms with Gasteiger partial charge in [0.05, 0.1) is 18.6 Å². The van der Waals surface area contributed by atoms with Crippen molar-refractivity contribution in [3.05, 3.63) is 63.7 Å². The minimum absolute atomic E-state index is 0.150. The summed E-state index contributed by atoms with van der Waals surface area (Å²) in [6.07, 6.45) is 0. The van der Waals surface area contributed by atoms with Gasteiger partial charge in [0.2, 0.25) is 0 Å². The fourth-order valence-corrected chi connectivity index (χ4v) is 2.63. The van der Waals surface area contributed by atoms with Gasteiger partial charge in [0.15, 0.2) is 0 Å². The summed E-state index contributed by atoms with van der Waals surface area (Å²) in [5.74, 6) is 0.369. The number of ether oxygens (including phenoxy) is 2. The maximum atomic E-state index is 12.7. The fourth-order valence-electron chi connectivity index (χ4n) is 2.63. The van der Waals surface area contributed by atoms with Crippen molar-refractivity contribution in [3.8, 4) is 5.75 Å². The number of nitrogens with one attached hydrogen (secondary N) is 1. The van der Waals surface area contributed by atoms with E-state index >= 15 is 0 Å². The van der Waals surface area contributed by atoms with Crippen LogP contribution in [0.1, 0.15) is 15.9 Å². The maximum absolute atomic E-state index is 12.7. The molecule has 8 heteroatoms. The molecule has 0 aliphatic rings. The first-order valence-corrected chi connectivity index (χ1v) is 8.36. The number of hydrogen-bond acceptors (Lipinski definition) is 6. The Kier molecular flexibility index (Phi) is 7.13. The molecule has 2 aromatic carbocycles. The molecule has 1 amide bonds. The minimum Gasteiger partial charge on any atom is -0.496 e. The molecule has 0 saturated carbocycles. The largest absolute Gasteiger partial charge is 0.496 e. The van der Waals surface area contributed by atoms with Crippen LogP contribution < -0.4 is 10.1 Å². The van der Waals surface area contributed by atoms with E-state index in [-0.39, 0.29) is 17.2 Å². The Hall–Kier alpha value is -3.13. The number of amides is 1. The fraction of sp³-hybridized carbons (Fsp3) is 0.316. The molecule has 0 heterocycles. The van der Waals surface area contributed by atoms with Gasteiger partial charge >= 0.3 is 0 Å². The van der Waals surface area contributed by atoms with Gasteiger partial charge in [-0.05, 0) is 18.2 Å². The summed E-state index contributed by atoms with van der Waals surface area (Å²) in [4.78, 5) is 25.1. The Morgan fingerprint density at radius 1 is 1.22 bits per heavy atom. The van der Waals surface area contributed by atoms with Crippen LogP contribution in [0.2, 0.25) is 0 Å². The van der Waals surface area contributed by atoms with Gasteiger partial charge in [-0.3, -0.25) is 14.9 Å². The zero-order valence-electron chi connectivity index (χ0n) is 15.6. The molecule has 0 bridgehead atoms. The second kappa shape index (κ2) is 9.54. The molecule has 2 rings (SSSR count). The first-order valence-electron chi connectivity index (χ1n) is 8.36. The number of anilines is 1. The highest BCUT2D eigenvalue weighted by Gasteiger charge is 2.20. The van der Waals surface area contributed by atoms with E-state index in [0.717, 1.165) is 5.56 Å². The van der Waals surface area contributed by atoms with Crippen LogP contribution in [-0.2, 0) is 11.3 Å². The van der Waals surface area contributed by atoms with Gasteiger partial charge in [0, 0.05) is 44.4 Å². The van der Waals surface area contributed by atoms with E-state index in [1.807, 2.05) is 24.3 Å². The molecule has 2 aromatic rings. The molecule has 0 aromatic heterocycles. The van der Waals surface area contributed by atoms with E-state index in [0.29, 0.717) is 31.1 Å². The Morgan fingerprint density at radius 3 is 2.63 bits per heavy atom. The molecule has 0 aliphatic heterocycles. The zero-order chi connectivity index (χ0) is 19.8. The molecule has 0 spiro atoms. The van der Waals surface area contributed by atoms with E-state index in [9.17, 15) is 14.9 Å². The lowest BCUT2D eigenvalue weighted by atomic mass is 10.1. The average molecular weight is 373 g/mol. The average Bonchev–Trinajstić information content (AvgIpc) is 2.68. The van der Waals surface area contributed by atoms with Crippen molar-refractivity contribution in [2.24, 2.45) is 0 Å². The number of carbonyl (C=O) groups is 1. The minimum atomic E-state index is -0.508. The topological polar surface area (TPSA) is 93.9 Å². The van der Waals surface area contributed by atoms with Crippen LogP contribution >= 0.6 is 0 Å². The van der Waals surface area contributed by atoms with E-state index in [2.05, 4.69) is 5.32 Å². The molecule has 0 radical (unpaired) electrons. The third kappa shape index (κ3) is 5.18. The van der Waals surface area contributed by atoms with Gasteiger partial charge in [-0.1, -0.05) is 18.2 Å². The molecule has 0 atom stereocenters. The molecule has 144 valence electrons. The van der Waals surface area contributed by atoms with Crippen molar-refractivity contribution in [2.75, 3.05) is 39.7 Å². The Bertz CT molecular complexity index is 810. The summed E-state index contributed by atoms with van der Waals surface area (Å²) in [7, 11) is 4.76. The quantitative estimate of drug-likeness (QED) is 0.413. The number of rotatable bonds is 9. The molecule has 27 heavy (non-hydrogen) atoms. The maximum Gasteiger partial charge on any atom is 0.293 e. The third-order valence-electron chi connectivity index (χ3n) is 4.01. The number of hydrogen-bond donors (Lipinski definition) is 1. The molecule has 1 N–H and O–H groups in total. The van der Waals surface area contributed by atoms with Crippen LogP contribution in [0.3, 0.4) is 0 Å².